The van der Waals surface area contributed by atoms with E-state index in [0.29, 0.717) is 19.3 Å². The lowest BCUT2D eigenvalue weighted by atomic mass is 10.0. The van der Waals surface area contributed by atoms with Crippen molar-refractivity contribution in [3.05, 3.63) is 109 Å². The molecule has 0 aliphatic rings. The number of hydrogen-bond donors (Lipinski definition) is 0. The van der Waals surface area contributed by atoms with E-state index in [1.165, 1.54) is 167 Å². The number of rotatable bonds is 62. The molecular formula is C75H128O6. The second kappa shape index (κ2) is 68.6. The van der Waals surface area contributed by atoms with Crippen LogP contribution in [0.3, 0.4) is 0 Å². The summed E-state index contributed by atoms with van der Waals surface area (Å²) in [5, 5.41) is 0. The minimum Gasteiger partial charge on any atom is -0.462 e. The van der Waals surface area contributed by atoms with Crippen LogP contribution in [-0.4, -0.2) is 37.2 Å². The summed E-state index contributed by atoms with van der Waals surface area (Å²) >= 11 is 0. The van der Waals surface area contributed by atoms with Crippen molar-refractivity contribution in [1.29, 1.82) is 0 Å². The summed E-state index contributed by atoms with van der Waals surface area (Å²) < 4.78 is 16.9. The number of unbranched alkanes of at least 4 members (excludes halogenated alkanes) is 33. The zero-order valence-electron chi connectivity index (χ0n) is 53.3. The summed E-state index contributed by atoms with van der Waals surface area (Å²) in [5.74, 6) is -0.885. The minimum atomic E-state index is -0.784. The van der Waals surface area contributed by atoms with Crippen LogP contribution >= 0.6 is 0 Å². The number of hydrogen-bond acceptors (Lipinski definition) is 6. The van der Waals surface area contributed by atoms with Crippen LogP contribution < -0.4 is 0 Å². The van der Waals surface area contributed by atoms with Gasteiger partial charge in [0.1, 0.15) is 13.2 Å². The van der Waals surface area contributed by atoms with E-state index in [1.54, 1.807) is 0 Å². The molecule has 0 aromatic heterocycles. The van der Waals surface area contributed by atoms with E-state index in [4.69, 9.17) is 14.2 Å². The second-order valence-electron chi connectivity index (χ2n) is 22.7. The maximum Gasteiger partial charge on any atom is 0.306 e. The summed E-state index contributed by atoms with van der Waals surface area (Å²) in [6.07, 6.45) is 93.9. The molecule has 0 bridgehead atoms. The number of esters is 3. The molecule has 0 aliphatic heterocycles. The topological polar surface area (TPSA) is 78.9 Å². The van der Waals surface area contributed by atoms with Gasteiger partial charge in [-0.25, -0.2) is 0 Å². The van der Waals surface area contributed by atoms with Gasteiger partial charge in [0, 0.05) is 19.3 Å². The average molecular weight is 1130 g/mol. The van der Waals surface area contributed by atoms with Gasteiger partial charge < -0.3 is 14.2 Å². The summed E-state index contributed by atoms with van der Waals surface area (Å²) in [5.41, 5.74) is 0. The van der Waals surface area contributed by atoms with Crippen molar-refractivity contribution in [2.24, 2.45) is 0 Å². The van der Waals surface area contributed by atoms with E-state index in [0.717, 1.165) is 122 Å². The molecule has 0 heterocycles. The van der Waals surface area contributed by atoms with Crippen LogP contribution in [0.25, 0.3) is 0 Å². The van der Waals surface area contributed by atoms with E-state index in [1.807, 2.05) is 0 Å². The lowest BCUT2D eigenvalue weighted by Crippen LogP contribution is -2.30. The SMILES string of the molecule is CC/C=C\C/C=C\C/C=C\C/C=C\C/C=C\C/C=C\C/C=C\C/C=C\CCCCCCCCCCC(=O)OCC(COC(=O)CCCCCCC/C=C\CCCCCC)OC(=O)CCCCCCCCCCCCCCCCCCC. The molecule has 0 rings (SSSR count). The summed E-state index contributed by atoms with van der Waals surface area (Å²) in [6.45, 7) is 6.53. The van der Waals surface area contributed by atoms with Gasteiger partial charge in [0.15, 0.2) is 6.10 Å². The predicted molar refractivity (Wildman–Crippen MR) is 353 cm³/mol. The van der Waals surface area contributed by atoms with Gasteiger partial charge in [0.05, 0.1) is 0 Å². The molecule has 1 atom stereocenters. The van der Waals surface area contributed by atoms with Crippen molar-refractivity contribution in [3.63, 3.8) is 0 Å². The summed E-state index contributed by atoms with van der Waals surface area (Å²) in [4.78, 5) is 38.3. The van der Waals surface area contributed by atoms with Gasteiger partial charge in [-0.1, -0.05) is 310 Å². The van der Waals surface area contributed by atoms with Gasteiger partial charge in [0.25, 0.3) is 0 Å². The first kappa shape index (κ1) is 77.1. The molecule has 0 aliphatic carbocycles. The van der Waals surface area contributed by atoms with Crippen LogP contribution in [0, 0.1) is 0 Å². The van der Waals surface area contributed by atoms with Gasteiger partial charge in [-0.2, -0.15) is 0 Å². The van der Waals surface area contributed by atoms with Gasteiger partial charge in [0.2, 0.25) is 0 Å². The normalized spacial score (nSPS) is 12.8. The molecule has 0 aromatic carbocycles. The predicted octanol–water partition coefficient (Wildman–Crippen LogP) is 23.8. The summed E-state index contributed by atoms with van der Waals surface area (Å²) in [7, 11) is 0. The summed E-state index contributed by atoms with van der Waals surface area (Å²) in [6, 6.07) is 0. The Labute approximate surface area is 501 Å². The number of carbonyl (C=O) groups excluding carboxylic acids is 3. The molecule has 0 saturated carbocycles. The van der Waals surface area contributed by atoms with Crippen LogP contribution in [0.15, 0.2) is 109 Å². The van der Waals surface area contributed by atoms with E-state index in [2.05, 4.69) is 130 Å². The Morgan fingerprint density at radius 3 is 0.778 bits per heavy atom. The van der Waals surface area contributed by atoms with Gasteiger partial charge in [-0.15, -0.1) is 0 Å². The van der Waals surface area contributed by atoms with Crippen molar-refractivity contribution in [1.82, 2.24) is 0 Å². The third-order valence-electron chi connectivity index (χ3n) is 14.8. The van der Waals surface area contributed by atoms with E-state index in [-0.39, 0.29) is 31.1 Å². The number of ether oxygens (including phenoxy) is 3. The van der Waals surface area contributed by atoms with Gasteiger partial charge in [-0.3, -0.25) is 14.4 Å². The minimum absolute atomic E-state index is 0.0817. The molecule has 0 fully saturated rings. The maximum atomic E-state index is 12.9. The standard InChI is InChI=1S/C75H128O6/c1-4-7-10-13-16-19-22-25-27-29-30-31-32-33-34-35-36-37-38-39-40-41-42-43-44-46-47-50-53-56-59-62-65-68-74(77)80-71-72(70-79-73(76)67-64-61-58-55-52-49-24-21-18-15-12-9-6-3)81-75(78)69-66-63-60-57-54-51-48-45-28-26-23-20-17-14-11-8-5-2/h7,10,16,19,21,24-25,27,30-31,33-34,36-37,39-40,42-43,72H,4-6,8-9,11-15,17-18,20,22-23,26,28-29,32,35,38,41,44-71H2,1-3H3/b10-7-,19-16-,24-21-,27-25-,31-30-,34-33-,37-36-,40-39-,43-42-. The highest BCUT2D eigenvalue weighted by Crippen LogP contribution is 2.17. The maximum absolute atomic E-state index is 12.9. The molecule has 0 radical (unpaired) electrons. The molecule has 0 aromatic rings. The average Bonchev–Trinajstić information content (AvgIpc) is 3.46. The van der Waals surface area contributed by atoms with E-state index < -0.39 is 6.10 Å². The monoisotopic (exact) mass is 1120 g/mol. The Kier molecular flexibility index (Phi) is 65.2. The highest BCUT2D eigenvalue weighted by molar-refractivity contribution is 5.71. The zero-order chi connectivity index (χ0) is 58.5. The highest BCUT2D eigenvalue weighted by atomic mass is 16.6. The van der Waals surface area contributed by atoms with Crippen LogP contribution in [0.5, 0.6) is 0 Å². The second-order valence-corrected chi connectivity index (χ2v) is 22.7. The molecule has 0 amide bonds. The van der Waals surface area contributed by atoms with Crippen LogP contribution in [0.2, 0.25) is 0 Å². The molecule has 81 heavy (non-hydrogen) atoms. The van der Waals surface area contributed by atoms with Crippen molar-refractivity contribution in [2.45, 2.75) is 335 Å². The smallest absolute Gasteiger partial charge is 0.306 e. The highest BCUT2D eigenvalue weighted by Gasteiger charge is 2.19. The van der Waals surface area contributed by atoms with Crippen molar-refractivity contribution >= 4 is 17.9 Å². The fraction of sp³-hybridized carbons (Fsp3) is 0.720. The third-order valence-corrected chi connectivity index (χ3v) is 14.8. The Morgan fingerprint density at radius 2 is 0.481 bits per heavy atom. The molecule has 1 unspecified atom stereocenters. The van der Waals surface area contributed by atoms with Gasteiger partial charge in [-0.05, 0) is 109 Å². The number of allylic oxidation sites excluding steroid dienone is 18. The molecular weight excluding hydrogens is 997 g/mol. The molecule has 6 heteroatoms. The Morgan fingerprint density at radius 1 is 0.259 bits per heavy atom. The number of carbonyl (C=O) groups is 3. The van der Waals surface area contributed by atoms with Crippen LogP contribution in [0.1, 0.15) is 329 Å². The third kappa shape index (κ3) is 66.8. The Balaban J connectivity index is 4.27. The molecule has 464 valence electrons. The van der Waals surface area contributed by atoms with Crippen LogP contribution in [0.4, 0.5) is 0 Å². The fourth-order valence-electron chi connectivity index (χ4n) is 9.63. The first-order chi connectivity index (χ1) is 40.0. The zero-order valence-corrected chi connectivity index (χ0v) is 53.3. The first-order valence-corrected chi connectivity index (χ1v) is 34.4. The van der Waals surface area contributed by atoms with Crippen LogP contribution in [-0.2, 0) is 28.6 Å². The Hall–Kier alpha value is -3.93. The molecule has 6 nitrogen and oxygen atoms in total. The van der Waals surface area contributed by atoms with E-state index >= 15 is 0 Å². The lowest BCUT2D eigenvalue weighted by Gasteiger charge is -2.18. The molecule has 0 saturated heterocycles. The first-order valence-electron chi connectivity index (χ1n) is 34.4. The van der Waals surface area contributed by atoms with Crippen molar-refractivity contribution in [3.8, 4) is 0 Å². The lowest BCUT2D eigenvalue weighted by molar-refractivity contribution is -0.167. The van der Waals surface area contributed by atoms with E-state index in [9.17, 15) is 14.4 Å². The molecule has 0 N–H and O–H groups in total. The van der Waals surface area contributed by atoms with Gasteiger partial charge >= 0.3 is 17.9 Å². The Bertz CT molecular complexity index is 1620. The largest absolute Gasteiger partial charge is 0.462 e. The fourth-order valence-corrected chi connectivity index (χ4v) is 9.63. The molecule has 0 spiro atoms. The van der Waals surface area contributed by atoms with Crippen molar-refractivity contribution < 1.29 is 28.6 Å². The van der Waals surface area contributed by atoms with Crippen molar-refractivity contribution in [2.75, 3.05) is 13.2 Å². The quantitative estimate of drug-likeness (QED) is 0.0261.